The molecule has 3 rings (SSSR count). The number of hydrogen-bond donors (Lipinski definition) is 0. The quantitative estimate of drug-likeness (QED) is 0.708. The Bertz CT molecular complexity index is 886. The molecule has 0 radical (unpaired) electrons. The van der Waals surface area contributed by atoms with E-state index in [1.807, 2.05) is 45.3 Å². The Morgan fingerprint density at radius 1 is 1.28 bits per heavy atom. The molecule has 132 valence electrons. The molecule has 0 aliphatic rings. The zero-order chi connectivity index (χ0) is 18.4. The molecule has 0 spiro atoms. The highest BCUT2D eigenvalue weighted by atomic mass is 32.1. The summed E-state index contributed by atoms with van der Waals surface area (Å²) in [5.41, 5.74) is 2.40. The summed E-state index contributed by atoms with van der Waals surface area (Å²) in [7, 11) is 3.64. The van der Waals surface area contributed by atoms with Gasteiger partial charge < -0.3 is 4.90 Å². The minimum Gasteiger partial charge on any atom is -0.331 e. The van der Waals surface area contributed by atoms with E-state index >= 15 is 0 Å². The molecular weight excluding hydrogens is 332 g/mol. The molecule has 2 aromatic heterocycles. The first-order valence-corrected chi connectivity index (χ1v) is 9.17. The van der Waals surface area contributed by atoms with Gasteiger partial charge in [0.25, 0.3) is 5.91 Å². The van der Waals surface area contributed by atoms with Gasteiger partial charge in [0, 0.05) is 19.5 Å². The molecule has 3 aromatic rings. The lowest BCUT2D eigenvalue weighted by molar-refractivity contribution is 0.0731. The summed E-state index contributed by atoms with van der Waals surface area (Å²) in [5, 5.41) is 5.45. The van der Waals surface area contributed by atoms with Crippen molar-refractivity contribution in [2.75, 3.05) is 7.05 Å². The number of rotatable bonds is 3. The fourth-order valence-electron chi connectivity index (χ4n) is 2.62. The van der Waals surface area contributed by atoms with Crippen LogP contribution in [-0.4, -0.2) is 32.6 Å². The number of fused-ring (bicyclic) bond motifs is 1. The Kier molecular flexibility index (Phi) is 4.41. The number of carbonyl (C=O) groups excluding carboxylic acids is 1. The molecule has 0 N–H and O–H groups in total. The Morgan fingerprint density at radius 2 is 1.96 bits per heavy atom. The molecule has 0 fully saturated rings. The first kappa shape index (κ1) is 17.6. The van der Waals surface area contributed by atoms with Crippen LogP contribution in [-0.2, 0) is 12.5 Å². The Balaban J connectivity index is 1.88. The lowest BCUT2D eigenvalue weighted by Crippen LogP contribution is -2.31. The van der Waals surface area contributed by atoms with Gasteiger partial charge in [0.05, 0.1) is 22.0 Å². The van der Waals surface area contributed by atoms with E-state index in [-0.39, 0.29) is 17.4 Å². The number of hydrogen-bond acceptors (Lipinski definition) is 4. The van der Waals surface area contributed by atoms with Crippen molar-refractivity contribution >= 4 is 27.5 Å². The van der Waals surface area contributed by atoms with E-state index < -0.39 is 0 Å². The van der Waals surface area contributed by atoms with Crippen LogP contribution >= 0.6 is 11.3 Å². The van der Waals surface area contributed by atoms with Crippen molar-refractivity contribution in [3.63, 3.8) is 0 Å². The van der Waals surface area contributed by atoms with Crippen molar-refractivity contribution in [2.45, 2.75) is 39.2 Å². The molecular formula is C19H24N4OS. The molecule has 0 saturated carbocycles. The molecule has 2 heterocycles. The highest BCUT2D eigenvalue weighted by molar-refractivity contribution is 7.18. The first-order chi connectivity index (χ1) is 11.7. The van der Waals surface area contributed by atoms with E-state index in [1.165, 1.54) is 0 Å². The minimum atomic E-state index is -0.0992. The molecule has 25 heavy (non-hydrogen) atoms. The van der Waals surface area contributed by atoms with Gasteiger partial charge in [-0.2, -0.15) is 5.10 Å². The maximum Gasteiger partial charge on any atom is 0.272 e. The number of benzene rings is 1. The number of aromatic nitrogens is 3. The predicted octanol–water partition coefficient (Wildman–Crippen LogP) is 4.16. The Hall–Kier alpha value is -2.21. The first-order valence-electron chi connectivity index (χ1n) is 8.35. The van der Waals surface area contributed by atoms with E-state index in [9.17, 15) is 4.79 Å². The van der Waals surface area contributed by atoms with Crippen LogP contribution < -0.4 is 0 Å². The number of nitrogens with zero attached hydrogens (tertiary/aromatic N) is 4. The maximum atomic E-state index is 13.0. The van der Waals surface area contributed by atoms with Crippen molar-refractivity contribution < 1.29 is 4.79 Å². The predicted molar refractivity (Wildman–Crippen MR) is 102 cm³/mol. The summed E-state index contributed by atoms with van der Waals surface area (Å²) < 4.78 is 2.81. The molecule has 0 aliphatic carbocycles. The van der Waals surface area contributed by atoms with Crippen LogP contribution in [0.15, 0.2) is 30.3 Å². The van der Waals surface area contributed by atoms with Crippen LogP contribution in [0.25, 0.3) is 10.2 Å². The zero-order valence-electron chi connectivity index (χ0n) is 15.6. The molecule has 1 unspecified atom stereocenters. The number of carbonyl (C=O) groups is 1. The van der Waals surface area contributed by atoms with E-state index in [1.54, 1.807) is 20.9 Å². The van der Waals surface area contributed by atoms with Gasteiger partial charge in [-0.3, -0.25) is 9.48 Å². The number of aryl methyl sites for hydroxylation is 1. The molecule has 6 heteroatoms. The van der Waals surface area contributed by atoms with Crippen LogP contribution in [0.2, 0.25) is 0 Å². The lowest BCUT2D eigenvalue weighted by atomic mass is 9.92. The number of amides is 1. The summed E-state index contributed by atoms with van der Waals surface area (Å²) in [5.74, 6) is -0.0442. The monoisotopic (exact) mass is 356 g/mol. The standard InChI is InChI=1S/C19H24N4OS/c1-12(17-20-13-9-7-8-10-15(13)25-17)22(5)18(24)14-11-16(19(2,3)4)21-23(14)6/h7-12H,1-6H3. The fourth-order valence-corrected chi connectivity index (χ4v) is 3.69. The molecule has 1 amide bonds. The summed E-state index contributed by atoms with van der Waals surface area (Å²) in [6.07, 6.45) is 0. The molecule has 5 nitrogen and oxygen atoms in total. The van der Waals surface area contributed by atoms with Crippen molar-refractivity contribution in [3.05, 3.63) is 46.7 Å². The second kappa shape index (κ2) is 6.26. The van der Waals surface area contributed by atoms with Gasteiger partial charge in [0.1, 0.15) is 10.7 Å². The third-order valence-electron chi connectivity index (χ3n) is 4.44. The van der Waals surface area contributed by atoms with Gasteiger partial charge in [-0.25, -0.2) is 4.98 Å². The second-order valence-corrected chi connectivity index (χ2v) is 8.46. The topological polar surface area (TPSA) is 51.0 Å². The van der Waals surface area contributed by atoms with Crippen molar-refractivity contribution in [2.24, 2.45) is 7.05 Å². The SMILES string of the molecule is CC(c1nc2ccccc2s1)N(C)C(=O)c1cc(C(C)(C)C)nn1C. The van der Waals surface area contributed by atoms with Gasteiger partial charge in [-0.05, 0) is 25.1 Å². The van der Waals surface area contributed by atoms with Crippen LogP contribution in [0, 0.1) is 0 Å². The maximum absolute atomic E-state index is 13.0. The van der Waals surface area contributed by atoms with E-state index in [0.29, 0.717) is 5.69 Å². The van der Waals surface area contributed by atoms with Gasteiger partial charge in [-0.15, -0.1) is 11.3 Å². The molecule has 0 bridgehead atoms. The molecule has 0 saturated heterocycles. The number of para-hydroxylation sites is 1. The average Bonchev–Trinajstić information content (AvgIpc) is 3.15. The third-order valence-corrected chi connectivity index (χ3v) is 5.64. The highest BCUT2D eigenvalue weighted by Crippen LogP contribution is 2.30. The second-order valence-electron chi connectivity index (χ2n) is 7.40. The van der Waals surface area contributed by atoms with Crippen molar-refractivity contribution in [3.8, 4) is 0 Å². The van der Waals surface area contributed by atoms with E-state index in [0.717, 1.165) is 20.9 Å². The third kappa shape index (κ3) is 3.31. The summed E-state index contributed by atoms with van der Waals surface area (Å²) in [6.45, 7) is 8.29. The Morgan fingerprint density at radius 3 is 2.56 bits per heavy atom. The normalized spacial score (nSPS) is 13.2. The fraction of sp³-hybridized carbons (Fsp3) is 0.421. The van der Waals surface area contributed by atoms with Crippen LogP contribution in [0.1, 0.15) is 54.9 Å². The smallest absolute Gasteiger partial charge is 0.272 e. The number of thiazole rings is 1. The van der Waals surface area contributed by atoms with Crippen LogP contribution in [0.3, 0.4) is 0 Å². The zero-order valence-corrected chi connectivity index (χ0v) is 16.4. The van der Waals surface area contributed by atoms with Crippen LogP contribution in [0.5, 0.6) is 0 Å². The largest absolute Gasteiger partial charge is 0.331 e. The highest BCUT2D eigenvalue weighted by Gasteiger charge is 2.26. The van der Waals surface area contributed by atoms with Crippen LogP contribution in [0.4, 0.5) is 0 Å². The van der Waals surface area contributed by atoms with Gasteiger partial charge in [-0.1, -0.05) is 32.9 Å². The van der Waals surface area contributed by atoms with Gasteiger partial charge >= 0.3 is 0 Å². The summed E-state index contributed by atoms with van der Waals surface area (Å²) >= 11 is 1.63. The van der Waals surface area contributed by atoms with Gasteiger partial charge in [0.15, 0.2) is 0 Å². The summed E-state index contributed by atoms with van der Waals surface area (Å²) in [6, 6.07) is 9.84. The van der Waals surface area contributed by atoms with Crippen molar-refractivity contribution in [1.82, 2.24) is 19.7 Å². The molecule has 1 atom stereocenters. The summed E-state index contributed by atoms with van der Waals surface area (Å²) in [4.78, 5) is 19.4. The van der Waals surface area contributed by atoms with E-state index in [4.69, 9.17) is 0 Å². The minimum absolute atomic E-state index is 0.0442. The Labute approximate surface area is 152 Å². The molecule has 1 aromatic carbocycles. The lowest BCUT2D eigenvalue weighted by Gasteiger charge is -2.23. The average molecular weight is 356 g/mol. The van der Waals surface area contributed by atoms with E-state index in [2.05, 4.69) is 36.9 Å². The van der Waals surface area contributed by atoms with Gasteiger partial charge in [0.2, 0.25) is 0 Å². The molecule has 0 aliphatic heterocycles. The van der Waals surface area contributed by atoms with Crippen molar-refractivity contribution in [1.29, 1.82) is 0 Å².